The number of nitrogens with one attached hydrogen (secondary N) is 1. The molecule has 0 aliphatic rings. The van der Waals surface area contributed by atoms with Crippen molar-refractivity contribution in [1.29, 1.82) is 0 Å². The number of furan rings is 1. The topological polar surface area (TPSA) is 25.2 Å². The van der Waals surface area contributed by atoms with Crippen LogP contribution in [-0.4, -0.2) is 13.6 Å². The first-order valence-electron chi connectivity index (χ1n) is 6.44. The zero-order valence-corrected chi connectivity index (χ0v) is 11.8. The molecule has 0 atom stereocenters. The van der Waals surface area contributed by atoms with Crippen molar-refractivity contribution in [2.24, 2.45) is 0 Å². The fraction of sp³-hybridized carbons (Fsp3) is 0.250. The van der Waals surface area contributed by atoms with Crippen LogP contribution in [0.5, 0.6) is 0 Å². The summed E-state index contributed by atoms with van der Waals surface area (Å²) in [6.45, 7) is 1.05. The number of fused-ring (bicyclic) bond motifs is 3. The highest BCUT2D eigenvalue weighted by atomic mass is 35.5. The first-order valence-corrected chi connectivity index (χ1v) is 6.44. The Labute approximate surface area is 119 Å². The third-order valence-corrected chi connectivity index (χ3v) is 3.36. The third-order valence-electron chi connectivity index (χ3n) is 3.36. The Kier molecular flexibility index (Phi) is 4.46. The van der Waals surface area contributed by atoms with E-state index in [0.717, 1.165) is 30.6 Å². The van der Waals surface area contributed by atoms with E-state index in [1.54, 1.807) is 0 Å². The highest BCUT2D eigenvalue weighted by Crippen LogP contribution is 2.31. The van der Waals surface area contributed by atoms with Gasteiger partial charge >= 0.3 is 0 Å². The molecule has 2 aromatic carbocycles. The second-order valence-electron chi connectivity index (χ2n) is 4.60. The second kappa shape index (κ2) is 6.09. The Balaban J connectivity index is 0.00000133. The number of benzene rings is 2. The van der Waals surface area contributed by atoms with Crippen LogP contribution in [0.1, 0.15) is 12.0 Å². The molecule has 0 saturated heterocycles. The van der Waals surface area contributed by atoms with Gasteiger partial charge in [0.05, 0.1) is 0 Å². The van der Waals surface area contributed by atoms with E-state index in [-0.39, 0.29) is 12.4 Å². The normalized spacial score (nSPS) is 10.8. The van der Waals surface area contributed by atoms with E-state index >= 15 is 0 Å². The van der Waals surface area contributed by atoms with Gasteiger partial charge in [-0.3, -0.25) is 0 Å². The molecule has 0 radical (unpaired) electrons. The predicted octanol–water partition coefficient (Wildman–Crippen LogP) is 4.16. The van der Waals surface area contributed by atoms with Crippen LogP contribution in [0.3, 0.4) is 0 Å². The van der Waals surface area contributed by atoms with Crippen molar-refractivity contribution in [2.45, 2.75) is 12.8 Å². The number of aryl methyl sites for hydroxylation is 1. The lowest BCUT2D eigenvalue weighted by Crippen LogP contribution is -2.08. The van der Waals surface area contributed by atoms with Gasteiger partial charge in [0.15, 0.2) is 0 Å². The van der Waals surface area contributed by atoms with Gasteiger partial charge in [-0.25, -0.2) is 0 Å². The Hall–Kier alpha value is -1.51. The van der Waals surface area contributed by atoms with Crippen molar-refractivity contribution in [3.05, 3.63) is 48.0 Å². The first-order chi connectivity index (χ1) is 8.90. The summed E-state index contributed by atoms with van der Waals surface area (Å²) in [5.74, 6) is 0. The molecule has 0 spiro atoms. The van der Waals surface area contributed by atoms with Gasteiger partial charge in [-0.15, -0.1) is 12.4 Å². The fourth-order valence-corrected chi connectivity index (χ4v) is 2.51. The van der Waals surface area contributed by atoms with Crippen molar-refractivity contribution in [1.82, 2.24) is 5.32 Å². The molecule has 19 heavy (non-hydrogen) atoms. The fourth-order valence-electron chi connectivity index (χ4n) is 2.51. The Morgan fingerprint density at radius 1 is 1.00 bits per heavy atom. The molecule has 3 aromatic rings. The maximum absolute atomic E-state index is 5.88. The van der Waals surface area contributed by atoms with Gasteiger partial charge in [0.25, 0.3) is 0 Å². The summed E-state index contributed by atoms with van der Waals surface area (Å²) in [7, 11) is 1.99. The predicted molar refractivity (Wildman–Crippen MR) is 83.2 cm³/mol. The standard InChI is InChI=1S/C16H17NO.ClH/c1-17-11-5-7-12-6-4-10-15-16(12)13-8-2-3-9-14(13)18-15;/h2-4,6,8-10,17H,5,7,11H2,1H3;1H. The number of halogens is 1. The minimum absolute atomic E-state index is 0. The van der Waals surface area contributed by atoms with Gasteiger partial charge in [0.2, 0.25) is 0 Å². The van der Waals surface area contributed by atoms with Crippen LogP contribution >= 0.6 is 12.4 Å². The molecule has 100 valence electrons. The van der Waals surface area contributed by atoms with Gasteiger partial charge in [-0.2, -0.15) is 0 Å². The van der Waals surface area contributed by atoms with Crippen LogP contribution in [0.2, 0.25) is 0 Å². The number of hydrogen-bond donors (Lipinski definition) is 1. The summed E-state index contributed by atoms with van der Waals surface area (Å²) in [5.41, 5.74) is 3.36. The molecule has 2 nitrogen and oxygen atoms in total. The van der Waals surface area contributed by atoms with Crippen molar-refractivity contribution in [2.75, 3.05) is 13.6 Å². The molecular weight excluding hydrogens is 258 g/mol. The Morgan fingerprint density at radius 3 is 2.63 bits per heavy atom. The quantitative estimate of drug-likeness (QED) is 0.723. The summed E-state index contributed by atoms with van der Waals surface area (Å²) in [5, 5.41) is 5.70. The molecule has 0 aliphatic carbocycles. The smallest absolute Gasteiger partial charge is 0.135 e. The summed E-state index contributed by atoms with van der Waals surface area (Å²) in [4.78, 5) is 0. The van der Waals surface area contributed by atoms with Gasteiger partial charge < -0.3 is 9.73 Å². The molecule has 0 fully saturated rings. The summed E-state index contributed by atoms with van der Waals surface area (Å²) in [6.07, 6.45) is 2.23. The Bertz CT molecular complexity index is 675. The number of rotatable bonds is 4. The molecule has 0 saturated carbocycles. The van der Waals surface area contributed by atoms with Gasteiger partial charge in [-0.1, -0.05) is 30.3 Å². The number of hydrogen-bond acceptors (Lipinski definition) is 2. The summed E-state index contributed by atoms with van der Waals surface area (Å²) < 4.78 is 5.88. The van der Waals surface area contributed by atoms with Crippen LogP contribution in [0.4, 0.5) is 0 Å². The maximum Gasteiger partial charge on any atom is 0.135 e. The second-order valence-corrected chi connectivity index (χ2v) is 4.60. The van der Waals surface area contributed by atoms with Gasteiger partial charge in [-0.05, 0) is 44.1 Å². The van der Waals surface area contributed by atoms with Crippen molar-refractivity contribution in [3.8, 4) is 0 Å². The molecule has 1 heterocycles. The van der Waals surface area contributed by atoms with Gasteiger partial charge in [0, 0.05) is 10.8 Å². The van der Waals surface area contributed by atoms with Crippen molar-refractivity contribution in [3.63, 3.8) is 0 Å². The largest absolute Gasteiger partial charge is 0.456 e. The van der Waals surface area contributed by atoms with Crippen LogP contribution < -0.4 is 5.32 Å². The maximum atomic E-state index is 5.88. The summed E-state index contributed by atoms with van der Waals surface area (Å²) in [6, 6.07) is 14.6. The minimum Gasteiger partial charge on any atom is -0.456 e. The van der Waals surface area contributed by atoms with Crippen LogP contribution in [0, 0.1) is 0 Å². The molecule has 0 amide bonds. The van der Waals surface area contributed by atoms with E-state index in [2.05, 4.69) is 35.6 Å². The van der Waals surface area contributed by atoms with Crippen molar-refractivity contribution < 1.29 is 4.42 Å². The highest BCUT2D eigenvalue weighted by Gasteiger charge is 2.09. The van der Waals surface area contributed by atoms with E-state index in [0.29, 0.717) is 0 Å². The monoisotopic (exact) mass is 275 g/mol. The zero-order valence-electron chi connectivity index (χ0n) is 11.0. The molecule has 3 heteroatoms. The van der Waals surface area contributed by atoms with E-state index in [9.17, 15) is 0 Å². The van der Waals surface area contributed by atoms with Crippen LogP contribution in [0.15, 0.2) is 46.9 Å². The van der Waals surface area contributed by atoms with E-state index in [1.807, 2.05) is 19.2 Å². The first kappa shape index (κ1) is 13.9. The SMILES string of the molecule is CNCCCc1cccc2oc3ccccc3c12.Cl. The average Bonchev–Trinajstić information content (AvgIpc) is 2.78. The molecule has 1 aromatic heterocycles. The molecule has 0 aliphatic heterocycles. The van der Waals surface area contributed by atoms with E-state index < -0.39 is 0 Å². The lowest BCUT2D eigenvalue weighted by Gasteiger charge is -2.03. The zero-order chi connectivity index (χ0) is 12.4. The molecule has 0 unspecified atom stereocenters. The van der Waals surface area contributed by atoms with E-state index in [1.165, 1.54) is 16.3 Å². The minimum atomic E-state index is 0. The summed E-state index contributed by atoms with van der Waals surface area (Å²) >= 11 is 0. The van der Waals surface area contributed by atoms with Gasteiger partial charge in [0.1, 0.15) is 11.2 Å². The molecule has 0 bridgehead atoms. The lowest BCUT2D eigenvalue weighted by molar-refractivity contribution is 0.668. The van der Waals surface area contributed by atoms with Crippen LogP contribution in [0.25, 0.3) is 21.9 Å². The van der Waals surface area contributed by atoms with Crippen molar-refractivity contribution >= 4 is 34.3 Å². The van der Waals surface area contributed by atoms with Crippen LogP contribution in [-0.2, 0) is 6.42 Å². The average molecular weight is 276 g/mol. The lowest BCUT2D eigenvalue weighted by atomic mass is 10.0. The molecule has 1 N–H and O–H groups in total. The third kappa shape index (κ3) is 2.60. The number of para-hydroxylation sites is 1. The molecule has 3 rings (SSSR count). The highest BCUT2D eigenvalue weighted by molar-refractivity contribution is 6.06. The van der Waals surface area contributed by atoms with E-state index in [4.69, 9.17) is 4.42 Å². The molecular formula is C16H18ClNO. The Morgan fingerprint density at radius 2 is 1.79 bits per heavy atom.